The molecule has 0 saturated heterocycles. The first-order valence-electron chi connectivity index (χ1n) is 8.96. The molecule has 1 atom stereocenters. The predicted octanol–water partition coefficient (Wildman–Crippen LogP) is 5.06. The van der Waals surface area contributed by atoms with Gasteiger partial charge in [0.15, 0.2) is 0 Å². The van der Waals surface area contributed by atoms with Gasteiger partial charge in [-0.25, -0.2) is 0 Å². The molecule has 26 heavy (non-hydrogen) atoms. The number of hydrogen-bond donors (Lipinski definition) is 0. The van der Waals surface area contributed by atoms with Crippen molar-refractivity contribution < 1.29 is 26.2 Å². The van der Waals surface area contributed by atoms with E-state index in [-0.39, 0.29) is 33.2 Å². The fourth-order valence-electron chi connectivity index (χ4n) is 3.39. The van der Waals surface area contributed by atoms with Crippen molar-refractivity contribution in [1.29, 1.82) is 0 Å². The first-order chi connectivity index (χ1) is 11.9. The van der Waals surface area contributed by atoms with Crippen molar-refractivity contribution in [3.05, 3.63) is 76.9 Å². The molecule has 0 radical (unpaired) electrons. The molecule has 134 valence electrons. The third-order valence-corrected chi connectivity index (χ3v) is 7.35. The maximum atomic E-state index is 13.0. The Bertz CT molecular complexity index is 795. The van der Waals surface area contributed by atoms with Crippen LogP contribution in [0.15, 0.2) is 60.2 Å². The van der Waals surface area contributed by atoms with Gasteiger partial charge in [-0.05, 0) is 43.9 Å². The largest absolute Gasteiger partial charge is 0.395 e. The summed E-state index contributed by atoms with van der Waals surface area (Å²) in [6, 6.07) is 19.8. The second kappa shape index (κ2) is 8.60. The molecule has 0 bridgehead atoms. The molecule has 1 unspecified atom stereocenters. The molecule has 2 aromatic carbocycles. The van der Waals surface area contributed by atoms with E-state index in [9.17, 15) is 4.46 Å². The molecule has 4 heteroatoms. The summed E-state index contributed by atoms with van der Waals surface area (Å²) >= 11 is 0. The van der Waals surface area contributed by atoms with Gasteiger partial charge < -0.3 is 9.03 Å². The molecular weight excluding hydrogens is 370 g/mol. The van der Waals surface area contributed by atoms with Crippen LogP contribution in [0.2, 0.25) is 6.04 Å². The van der Waals surface area contributed by atoms with E-state index in [2.05, 4.69) is 86.0 Å². The Kier molecular flexibility index (Phi) is 6.95. The van der Waals surface area contributed by atoms with Gasteiger partial charge in [0.1, 0.15) is 0 Å². The van der Waals surface area contributed by atoms with Crippen LogP contribution in [0, 0.1) is 0 Å². The Hall–Kier alpha value is -1.29. The van der Waals surface area contributed by atoms with Crippen molar-refractivity contribution in [1.82, 2.24) is 4.57 Å². The number of fused-ring (bicyclic) bond motifs is 1. The molecule has 3 rings (SSSR count). The first kappa shape index (κ1) is 21.0. The van der Waals surface area contributed by atoms with Gasteiger partial charge in [-0.1, -0.05) is 66.2 Å². The van der Waals surface area contributed by atoms with E-state index in [1.807, 2.05) is 7.05 Å². The summed E-state index contributed by atoms with van der Waals surface area (Å²) < 4.78 is 15.1. The van der Waals surface area contributed by atoms with E-state index < -0.39 is 8.84 Å². The van der Waals surface area contributed by atoms with Crippen molar-refractivity contribution in [3.8, 4) is 0 Å². The Morgan fingerprint density at radius 3 is 2.27 bits per heavy atom. The number of hydrogen-bond acceptors (Lipinski definition) is 1. The molecule has 0 N–H and O–H groups in total. The monoisotopic (exact) mass is 397 g/mol. The predicted molar refractivity (Wildman–Crippen MR) is 106 cm³/mol. The topological polar surface area (TPSA) is 20.3 Å². The average molecular weight is 397 g/mol. The number of rotatable bonds is 5. The molecule has 1 aliphatic rings. The molecule has 0 aromatic heterocycles. The third-order valence-electron chi connectivity index (χ3n) is 5.17. The van der Waals surface area contributed by atoms with Gasteiger partial charge >= 0.3 is 8.84 Å². The maximum absolute atomic E-state index is 13.0. The van der Waals surface area contributed by atoms with Crippen LogP contribution in [0.25, 0.3) is 6.08 Å². The Balaban J connectivity index is 0.00000243. The van der Waals surface area contributed by atoms with Crippen molar-refractivity contribution in [2.24, 2.45) is 0 Å². The van der Waals surface area contributed by atoms with Crippen molar-refractivity contribution in [3.63, 3.8) is 0 Å². The van der Waals surface area contributed by atoms with E-state index in [4.69, 9.17) is 0 Å². The fraction of sp³-hybridized carbons (Fsp3) is 0.364. The van der Waals surface area contributed by atoms with Gasteiger partial charge in [0, 0.05) is 46.3 Å². The van der Waals surface area contributed by atoms with Gasteiger partial charge in [-0.15, -0.1) is 0 Å². The minimum Gasteiger partial charge on any atom is -0.375 e. The zero-order valence-corrected chi connectivity index (χ0v) is 18.7. The van der Waals surface area contributed by atoms with Crippen LogP contribution >= 0.6 is 0 Å². The summed E-state index contributed by atoms with van der Waals surface area (Å²) in [5.74, 6) is 0.257. The summed E-state index contributed by atoms with van der Waals surface area (Å²) in [6.07, 6.45) is 3.23. The molecule has 0 spiro atoms. The Morgan fingerprint density at radius 2 is 1.62 bits per heavy atom. The van der Waals surface area contributed by atoms with Crippen LogP contribution in [0.4, 0.5) is 0 Å². The molecule has 0 saturated carbocycles. The molecule has 0 heterocycles. The van der Waals surface area contributed by atoms with Gasteiger partial charge in [-0.3, -0.25) is 0 Å². The second-order valence-corrected chi connectivity index (χ2v) is 9.76. The summed E-state index contributed by atoms with van der Waals surface area (Å²) in [5, 5.41) is 0. The summed E-state index contributed by atoms with van der Waals surface area (Å²) in [6.45, 7) is 6.37. The number of benzene rings is 2. The second-order valence-electron chi connectivity index (χ2n) is 7.89. The Labute approximate surface area is 173 Å². The average Bonchev–Trinajstić information content (AvgIpc) is 2.91. The van der Waals surface area contributed by atoms with Crippen molar-refractivity contribution in [2.45, 2.75) is 44.7 Å². The van der Waals surface area contributed by atoms with E-state index in [1.54, 1.807) is 0 Å². The van der Waals surface area contributed by atoms with Crippen LogP contribution in [0.1, 0.15) is 43.4 Å². The molecule has 2 nitrogen and oxygen atoms in total. The van der Waals surface area contributed by atoms with Crippen LogP contribution in [-0.4, -0.2) is 26.0 Å². The normalized spacial score (nSPS) is 15.7. The third kappa shape index (κ3) is 4.70. The van der Waals surface area contributed by atoms with Gasteiger partial charge in [-0.2, -0.15) is 0 Å². The zero-order valence-electron chi connectivity index (χ0n) is 16.1. The zero-order chi connectivity index (χ0) is 18.0. The van der Waals surface area contributed by atoms with Crippen LogP contribution in [0.3, 0.4) is 0 Å². The van der Waals surface area contributed by atoms with E-state index in [0.717, 1.165) is 6.42 Å². The number of nitrogens with zero attached hydrogens (tertiary/aromatic N) is 1. The molecule has 0 fully saturated rings. The molecule has 0 aliphatic heterocycles. The molecule has 1 aliphatic carbocycles. The van der Waals surface area contributed by atoms with Crippen LogP contribution < -0.4 is 0 Å². The fourth-order valence-corrected chi connectivity index (χ4v) is 5.25. The molecule has 2 aromatic rings. The van der Waals surface area contributed by atoms with E-state index in [1.165, 1.54) is 22.3 Å². The summed E-state index contributed by atoms with van der Waals surface area (Å²) in [5.41, 5.74) is 5.24. The minimum absolute atomic E-state index is 0. The standard InChI is InChI=1S/C22H27NOSi.Ti/c1-22(2,3)23(4)25(24)16-21-19(14-17-10-6-5-7-11-17)15-18-12-8-9-13-20(18)21;/h5-13,15,21H,14,16H2,1-4H3;. The van der Waals surface area contributed by atoms with Crippen molar-refractivity contribution in [2.75, 3.05) is 7.05 Å². The van der Waals surface area contributed by atoms with Gasteiger partial charge in [0.05, 0.1) is 0 Å². The molecular formula is C22H27NOSiTi. The van der Waals surface area contributed by atoms with Gasteiger partial charge in [0.2, 0.25) is 0 Å². The maximum Gasteiger partial charge on any atom is 0.395 e. The smallest absolute Gasteiger partial charge is 0.375 e. The SMILES string of the molecule is CN([Si](=O)CC1C(Cc2ccccc2)=Cc2ccccc21)C(C)(C)C.[Ti]. The minimum atomic E-state index is -1.83. The van der Waals surface area contributed by atoms with Crippen LogP contribution in [-0.2, 0) is 32.6 Å². The van der Waals surface area contributed by atoms with Gasteiger partial charge in [0.25, 0.3) is 0 Å². The Morgan fingerprint density at radius 1 is 1.00 bits per heavy atom. The first-order valence-corrected chi connectivity index (χ1v) is 10.5. The van der Waals surface area contributed by atoms with Crippen molar-refractivity contribution >= 4 is 14.9 Å². The summed E-state index contributed by atoms with van der Waals surface area (Å²) in [4.78, 5) is 0. The molecule has 0 amide bonds. The number of allylic oxidation sites excluding steroid dienone is 1. The quantitative estimate of drug-likeness (QED) is 0.658. The summed E-state index contributed by atoms with van der Waals surface area (Å²) in [7, 11) is 0.158. The van der Waals surface area contributed by atoms with E-state index >= 15 is 0 Å². The van der Waals surface area contributed by atoms with Crippen LogP contribution in [0.5, 0.6) is 0 Å². The van der Waals surface area contributed by atoms with E-state index in [0.29, 0.717) is 6.04 Å².